The molecule has 0 atom stereocenters. The van der Waals surface area contributed by atoms with Crippen molar-refractivity contribution in [3.63, 3.8) is 0 Å². The van der Waals surface area contributed by atoms with Crippen LogP contribution in [-0.2, 0) is 0 Å². The minimum atomic E-state index is 1.22. The van der Waals surface area contributed by atoms with Crippen molar-refractivity contribution in [3.8, 4) is 0 Å². The van der Waals surface area contributed by atoms with Gasteiger partial charge in [-0.15, -0.1) is 0 Å². The summed E-state index contributed by atoms with van der Waals surface area (Å²) in [7, 11) is 9.76. The van der Waals surface area contributed by atoms with Gasteiger partial charge < -0.3 is 8.97 Å². The predicted octanol–water partition coefficient (Wildman–Crippen LogP) is 10.2. The van der Waals surface area contributed by atoms with Gasteiger partial charge in [0, 0.05) is 0 Å². The number of nitrogens with zero attached hydrogens (tertiary/aromatic N) is 2. The SMILES string of the molecule is CCCCCCCCCCCCCCCCCC[N+](C)(C)CCCCCC[N+](C)(C)CCCCC. The Kier molecular flexibility index (Phi) is 24.2. The first kappa shape index (κ1) is 34.9. The second-order valence-electron chi connectivity index (χ2n) is 13.2. The van der Waals surface area contributed by atoms with Crippen LogP contribution >= 0.6 is 0 Å². The molecule has 0 unspecified atom stereocenters. The van der Waals surface area contributed by atoms with Crippen LogP contribution < -0.4 is 0 Å². The molecular formula is C33H72N2+2. The molecule has 0 heterocycles. The van der Waals surface area contributed by atoms with Crippen LogP contribution in [0.1, 0.15) is 162 Å². The summed E-state index contributed by atoms with van der Waals surface area (Å²) in [4.78, 5) is 0. The summed E-state index contributed by atoms with van der Waals surface area (Å²) < 4.78 is 2.46. The van der Waals surface area contributed by atoms with Gasteiger partial charge in [-0.1, -0.05) is 110 Å². The maximum absolute atomic E-state index is 2.46. The highest BCUT2D eigenvalue weighted by Gasteiger charge is 2.15. The van der Waals surface area contributed by atoms with E-state index in [-0.39, 0.29) is 0 Å². The summed E-state index contributed by atoms with van der Waals surface area (Å²) in [6, 6.07) is 0. The average molecular weight is 497 g/mol. The number of quaternary nitrogens is 2. The van der Waals surface area contributed by atoms with Crippen LogP contribution in [0.2, 0.25) is 0 Å². The molecule has 0 spiro atoms. The van der Waals surface area contributed by atoms with E-state index in [0.29, 0.717) is 0 Å². The van der Waals surface area contributed by atoms with Gasteiger partial charge in [-0.2, -0.15) is 0 Å². The number of rotatable bonds is 28. The van der Waals surface area contributed by atoms with E-state index < -0.39 is 0 Å². The van der Waals surface area contributed by atoms with Gasteiger partial charge in [0.2, 0.25) is 0 Å². The van der Waals surface area contributed by atoms with Gasteiger partial charge in [0.05, 0.1) is 54.4 Å². The van der Waals surface area contributed by atoms with Gasteiger partial charge in [-0.25, -0.2) is 0 Å². The smallest absolute Gasteiger partial charge is 0.0782 e. The van der Waals surface area contributed by atoms with E-state index >= 15 is 0 Å². The lowest BCUT2D eigenvalue weighted by atomic mass is 10.0. The Morgan fingerprint density at radius 2 is 0.429 bits per heavy atom. The Balaban J connectivity index is 3.42. The second-order valence-corrected chi connectivity index (χ2v) is 13.2. The molecule has 0 aromatic carbocycles. The van der Waals surface area contributed by atoms with Crippen LogP contribution in [0.3, 0.4) is 0 Å². The zero-order valence-corrected chi connectivity index (χ0v) is 26.0. The molecular weight excluding hydrogens is 424 g/mol. The molecule has 0 radical (unpaired) electrons. The lowest BCUT2D eigenvalue weighted by Crippen LogP contribution is -2.41. The van der Waals surface area contributed by atoms with Gasteiger partial charge >= 0.3 is 0 Å². The van der Waals surface area contributed by atoms with Gasteiger partial charge in [-0.05, 0) is 51.4 Å². The van der Waals surface area contributed by atoms with Crippen molar-refractivity contribution in [1.29, 1.82) is 0 Å². The molecule has 0 saturated heterocycles. The maximum atomic E-state index is 2.46. The third-order valence-electron chi connectivity index (χ3n) is 8.26. The summed E-state index contributed by atoms with van der Waals surface area (Å²) in [5.41, 5.74) is 0. The van der Waals surface area contributed by atoms with Gasteiger partial charge in [0.15, 0.2) is 0 Å². The van der Waals surface area contributed by atoms with Gasteiger partial charge in [0.1, 0.15) is 0 Å². The first-order valence-corrected chi connectivity index (χ1v) is 16.5. The Labute approximate surface area is 224 Å². The topological polar surface area (TPSA) is 0 Å². The summed E-state index contributed by atoms with van der Waals surface area (Å²) in [6.07, 6.45) is 33.2. The van der Waals surface area contributed by atoms with Gasteiger partial charge in [0.25, 0.3) is 0 Å². The lowest BCUT2D eigenvalue weighted by molar-refractivity contribution is -0.891. The molecule has 0 saturated carbocycles. The molecule has 0 amide bonds. The van der Waals surface area contributed by atoms with E-state index in [4.69, 9.17) is 0 Å². The van der Waals surface area contributed by atoms with Gasteiger partial charge in [-0.3, -0.25) is 0 Å². The monoisotopic (exact) mass is 497 g/mol. The molecule has 212 valence electrons. The van der Waals surface area contributed by atoms with Crippen molar-refractivity contribution in [3.05, 3.63) is 0 Å². The molecule has 2 nitrogen and oxygen atoms in total. The van der Waals surface area contributed by atoms with Crippen molar-refractivity contribution < 1.29 is 8.97 Å². The lowest BCUT2D eigenvalue weighted by Gasteiger charge is -2.31. The van der Waals surface area contributed by atoms with Crippen molar-refractivity contribution in [2.45, 2.75) is 162 Å². The summed E-state index contributed by atoms with van der Waals surface area (Å²) >= 11 is 0. The first-order valence-electron chi connectivity index (χ1n) is 16.5. The Hall–Kier alpha value is -0.0800. The molecule has 0 rings (SSSR count). The van der Waals surface area contributed by atoms with Crippen LogP contribution in [0, 0.1) is 0 Å². The molecule has 0 aliphatic carbocycles. The van der Waals surface area contributed by atoms with Crippen molar-refractivity contribution >= 4 is 0 Å². The molecule has 0 aliphatic rings. The van der Waals surface area contributed by atoms with Crippen LogP contribution in [0.4, 0.5) is 0 Å². The minimum absolute atomic E-state index is 1.22. The molecule has 0 bridgehead atoms. The van der Waals surface area contributed by atoms with Crippen LogP contribution in [0.15, 0.2) is 0 Å². The molecule has 0 aliphatic heterocycles. The zero-order chi connectivity index (χ0) is 26.1. The second kappa shape index (κ2) is 24.3. The van der Waals surface area contributed by atoms with E-state index in [1.807, 2.05) is 0 Å². The highest BCUT2D eigenvalue weighted by molar-refractivity contribution is 4.51. The minimum Gasteiger partial charge on any atom is -0.328 e. The third-order valence-corrected chi connectivity index (χ3v) is 8.26. The maximum Gasteiger partial charge on any atom is 0.0782 e. The zero-order valence-electron chi connectivity index (χ0n) is 26.0. The van der Waals surface area contributed by atoms with E-state index in [1.54, 1.807) is 0 Å². The first-order chi connectivity index (χ1) is 16.8. The standard InChI is InChI=1S/C33H72N2/c1-7-9-11-12-13-14-15-16-17-18-19-20-21-22-23-27-31-35(5,6)33-29-25-24-28-32-34(3,4)30-26-10-8-2/h7-33H2,1-6H3/q+2. The van der Waals surface area contributed by atoms with E-state index in [2.05, 4.69) is 42.0 Å². The Bertz CT molecular complexity index is 415. The van der Waals surface area contributed by atoms with E-state index in [9.17, 15) is 0 Å². The van der Waals surface area contributed by atoms with E-state index in [1.165, 1.54) is 183 Å². The normalized spacial score (nSPS) is 12.5. The number of hydrogen-bond donors (Lipinski definition) is 0. The fourth-order valence-electron chi connectivity index (χ4n) is 5.53. The highest BCUT2D eigenvalue weighted by Crippen LogP contribution is 2.15. The Morgan fingerprint density at radius 3 is 0.686 bits per heavy atom. The van der Waals surface area contributed by atoms with Crippen LogP contribution in [0.5, 0.6) is 0 Å². The third kappa shape index (κ3) is 26.8. The molecule has 2 heteroatoms. The van der Waals surface area contributed by atoms with Crippen molar-refractivity contribution in [1.82, 2.24) is 0 Å². The van der Waals surface area contributed by atoms with Crippen LogP contribution in [0.25, 0.3) is 0 Å². The molecule has 0 aromatic heterocycles. The molecule has 35 heavy (non-hydrogen) atoms. The van der Waals surface area contributed by atoms with Crippen LogP contribution in [-0.4, -0.2) is 63.3 Å². The predicted molar refractivity (Wildman–Crippen MR) is 161 cm³/mol. The van der Waals surface area contributed by atoms with Crippen molar-refractivity contribution in [2.75, 3.05) is 54.4 Å². The average Bonchev–Trinajstić information content (AvgIpc) is 2.81. The summed E-state index contributed by atoms with van der Waals surface area (Å²) in [5.74, 6) is 0. The fraction of sp³-hybridized carbons (Fsp3) is 1.00. The number of hydrogen-bond acceptors (Lipinski definition) is 0. The van der Waals surface area contributed by atoms with E-state index in [0.717, 1.165) is 0 Å². The Morgan fingerprint density at radius 1 is 0.257 bits per heavy atom. The molecule has 0 N–H and O–H groups in total. The largest absolute Gasteiger partial charge is 0.328 e. The molecule has 0 fully saturated rings. The van der Waals surface area contributed by atoms with Crippen molar-refractivity contribution in [2.24, 2.45) is 0 Å². The number of unbranched alkanes of at least 4 members (excludes halogenated alkanes) is 20. The highest BCUT2D eigenvalue weighted by atomic mass is 15.3. The quantitative estimate of drug-likeness (QED) is 0.0746. The molecule has 0 aromatic rings. The summed E-state index contributed by atoms with van der Waals surface area (Å²) in [6.45, 7) is 10.1. The fourth-order valence-corrected chi connectivity index (χ4v) is 5.53. The summed E-state index contributed by atoms with van der Waals surface area (Å²) in [5, 5.41) is 0.